The third-order valence-corrected chi connectivity index (χ3v) is 2.97. The van der Waals surface area contributed by atoms with Crippen molar-refractivity contribution in [3.63, 3.8) is 0 Å². The van der Waals surface area contributed by atoms with Gasteiger partial charge in [-0.1, -0.05) is 0 Å². The highest BCUT2D eigenvalue weighted by atomic mass is 19.4. The van der Waals surface area contributed by atoms with Gasteiger partial charge < -0.3 is 9.88 Å². The number of carbonyl (C=O) groups is 1. The summed E-state index contributed by atoms with van der Waals surface area (Å²) in [5.41, 5.74) is 1.19. The largest absolute Gasteiger partial charge is 0.454 e. The van der Waals surface area contributed by atoms with Crippen LogP contribution in [0.1, 0.15) is 16.1 Å². The predicted molar refractivity (Wildman–Crippen MR) is 67.7 cm³/mol. The molecule has 6 heteroatoms. The monoisotopic (exact) mass is 270 g/mol. The van der Waals surface area contributed by atoms with E-state index in [1.54, 1.807) is 37.2 Å². The van der Waals surface area contributed by atoms with E-state index in [1.165, 1.54) is 6.92 Å². The summed E-state index contributed by atoms with van der Waals surface area (Å²) in [5.74, 6) is -1.81. The number of alkyl halides is 3. The Morgan fingerprint density at radius 1 is 1.26 bits per heavy atom. The van der Waals surface area contributed by atoms with E-state index in [4.69, 9.17) is 0 Å². The summed E-state index contributed by atoms with van der Waals surface area (Å²) >= 11 is 0. The Morgan fingerprint density at radius 2 is 1.89 bits per heavy atom. The van der Waals surface area contributed by atoms with Crippen LogP contribution in [0.4, 0.5) is 18.9 Å². The fourth-order valence-electron chi connectivity index (χ4n) is 2.03. The molecule has 0 atom stereocenters. The van der Waals surface area contributed by atoms with Gasteiger partial charge in [-0.25, -0.2) is 0 Å². The number of aryl methyl sites for hydroxylation is 1. The van der Waals surface area contributed by atoms with Crippen LogP contribution in [0.25, 0.3) is 10.9 Å². The van der Waals surface area contributed by atoms with E-state index < -0.39 is 12.0 Å². The van der Waals surface area contributed by atoms with E-state index >= 15 is 0 Å². The summed E-state index contributed by atoms with van der Waals surface area (Å²) in [5, 5.41) is 0.297. The van der Waals surface area contributed by atoms with Gasteiger partial charge in [0, 0.05) is 36.4 Å². The maximum absolute atomic E-state index is 12.6. The highest BCUT2D eigenvalue weighted by molar-refractivity contribution is 6.12. The molecule has 1 aromatic carbocycles. The lowest BCUT2D eigenvalue weighted by molar-refractivity contribution is -0.0884. The average molecular weight is 270 g/mol. The SMILES string of the molecule is Cc1[nH]c2ccc(N(C)C)cc2c1C(=O)C(F)(F)F. The normalized spacial score (nSPS) is 11.9. The molecule has 0 unspecified atom stereocenters. The molecule has 2 aromatic rings. The molecule has 1 heterocycles. The molecule has 0 saturated carbocycles. The number of carbonyl (C=O) groups excluding carboxylic acids is 1. The summed E-state index contributed by atoms with van der Waals surface area (Å²) in [6.45, 7) is 1.47. The Kier molecular flexibility index (Phi) is 3.04. The van der Waals surface area contributed by atoms with Crippen LogP contribution < -0.4 is 4.90 Å². The van der Waals surface area contributed by atoms with Crippen LogP contribution in [0.5, 0.6) is 0 Å². The molecular formula is C13H13F3N2O. The van der Waals surface area contributed by atoms with Gasteiger partial charge in [0.2, 0.25) is 0 Å². The predicted octanol–water partition coefficient (Wildman–Crippen LogP) is 3.29. The van der Waals surface area contributed by atoms with Crippen LogP contribution in [0.2, 0.25) is 0 Å². The minimum atomic E-state index is -4.87. The quantitative estimate of drug-likeness (QED) is 0.850. The second-order valence-electron chi connectivity index (χ2n) is 4.58. The van der Waals surface area contributed by atoms with Crippen LogP contribution in [-0.2, 0) is 0 Å². The fourth-order valence-corrected chi connectivity index (χ4v) is 2.03. The summed E-state index contributed by atoms with van der Waals surface area (Å²) in [6.07, 6.45) is -4.87. The standard InChI is InChI=1S/C13H13F3N2O/c1-7-11(12(19)13(14,15)16)9-6-8(18(2)3)4-5-10(9)17-7/h4-6,17H,1-3H3. The van der Waals surface area contributed by atoms with Crippen LogP contribution in [-0.4, -0.2) is 31.0 Å². The number of aromatic nitrogens is 1. The Labute approximate surface area is 108 Å². The number of benzene rings is 1. The number of H-pyrrole nitrogens is 1. The molecule has 3 nitrogen and oxygen atoms in total. The molecular weight excluding hydrogens is 257 g/mol. The number of nitrogens with one attached hydrogen (secondary N) is 1. The number of ketones is 1. The van der Waals surface area contributed by atoms with Gasteiger partial charge >= 0.3 is 6.18 Å². The summed E-state index contributed by atoms with van der Waals surface area (Å²) in [4.78, 5) is 16.1. The zero-order valence-electron chi connectivity index (χ0n) is 10.7. The van der Waals surface area contributed by atoms with Crippen molar-refractivity contribution in [2.45, 2.75) is 13.1 Å². The lowest BCUT2D eigenvalue weighted by atomic mass is 10.1. The maximum atomic E-state index is 12.6. The lowest BCUT2D eigenvalue weighted by Gasteiger charge is -2.12. The molecule has 0 saturated heterocycles. The molecule has 0 aliphatic rings. The Morgan fingerprint density at radius 3 is 2.42 bits per heavy atom. The van der Waals surface area contributed by atoms with Crippen molar-refractivity contribution in [3.05, 3.63) is 29.5 Å². The second-order valence-corrected chi connectivity index (χ2v) is 4.58. The van der Waals surface area contributed by atoms with Crippen molar-refractivity contribution < 1.29 is 18.0 Å². The second kappa shape index (κ2) is 4.29. The van der Waals surface area contributed by atoms with Crippen LogP contribution in [0.15, 0.2) is 18.2 Å². The van der Waals surface area contributed by atoms with Crippen LogP contribution in [0.3, 0.4) is 0 Å². The Bertz CT molecular complexity index is 641. The number of nitrogens with zero attached hydrogens (tertiary/aromatic N) is 1. The number of hydrogen-bond acceptors (Lipinski definition) is 2. The first-order valence-corrected chi connectivity index (χ1v) is 5.63. The van der Waals surface area contributed by atoms with Crippen molar-refractivity contribution in [2.75, 3.05) is 19.0 Å². The van der Waals surface area contributed by atoms with Gasteiger partial charge in [-0.05, 0) is 25.1 Å². The zero-order valence-corrected chi connectivity index (χ0v) is 10.7. The summed E-state index contributed by atoms with van der Waals surface area (Å²) < 4.78 is 37.8. The molecule has 1 N–H and O–H groups in total. The summed E-state index contributed by atoms with van der Waals surface area (Å²) in [7, 11) is 3.57. The molecule has 0 radical (unpaired) electrons. The number of rotatable bonds is 2. The minimum Gasteiger partial charge on any atom is -0.378 e. The smallest absolute Gasteiger partial charge is 0.378 e. The molecule has 0 amide bonds. The molecule has 0 spiro atoms. The zero-order chi connectivity index (χ0) is 14.4. The van der Waals surface area contributed by atoms with Gasteiger partial charge in [-0.3, -0.25) is 4.79 Å². The number of halogens is 3. The molecule has 19 heavy (non-hydrogen) atoms. The third-order valence-electron chi connectivity index (χ3n) is 2.97. The van der Waals surface area contributed by atoms with E-state index in [2.05, 4.69) is 4.98 Å². The molecule has 1 aromatic heterocycles. The molecule has 0 aliphatic heterocycles. The molecule has 0 bridgehead atoms. The first-order valence-electron chi connectivity index (χ1n) is 5.63. The van der Waals surface area contributed by atoms with Gasteiger partial charge in [0.1, 0.15) is 0 Å². The highest BCUT2D eigenvalue weighted by Gasteiger charge is 2.41. The fraction of sp³-hybridized carbons (Fsp3) is 0.308. The van der Waals surface area contributed by atoms with Gasteiger partial charge in [-0.15, -0.1) is 0 Å². The topological polar surface area (TPSA) is 36.1 Å². The number of hydrogen-bond donors (Lipinski definition) is 1. The van der Waals surface area contributed by atoms with Gasteiger partial charge in [0.05, 0.1) is 5.56 Å². The Hall–Kier alpha value is -1.98. The minimum absolute atomic E-state index is 0.230. The Balaban J connectivity index is 2.69. The number of anilines is 1. The third kappa shape index (κ3) is 2.30. The van der Waals surface area contributed by atoms with Gasteiger partial charge in [0.25, 0.3) is 5.78 Å². The van der Waals surface area contributed by atoms with Crippen LogP contribution in [0, 0.1) is 6.92 Å². The number of fused-ring (bicyclic) bond motifs is 1. The van der Waals surface area contributed by atoms with Crippen molar-refractivity contribution in [3.8, 4) is 0 Å². The van der Waals surface area contributed by atoms with Gasteiger partial charge in [0.15, 0.2) is 0 Å². The van der Waals surface area contributed by atoms with Gasteiger partial charge in [-0.2, -0.15) is 13.2 Å². The highest BCUT2D eigenvalue weighted by Crippen LogP contribution is 2.31. The lowest BCUT2D eigenvalue weighted by Crippen LogP contribution is -2.23. The van der Waals surface area contributed by atoms with Crippen LogP contribution >= 0.6 is 0 Å². The first kappa shape index (κ1) is 13.5. The van der Waals surface area contributed by atoms with Crippen molar-refractivity contribution in [1.82, 2.24) is 4.98 Å². The molecule has 0 fully saturated rings. The van der Waals surface area contributed by atoms with E-state index in [-0.39, 0.29) is 11.3 Å². The summed E-state index contributed by atoms with van der Waals surface area (Å²) in [6, 6.07) is 5.03. The number of aromatic amines is 1. The van der Waals surface area contributed by atoms with E-state index in [0.717, 1.165) is 5.69 Å². The average Bonchev–Trinajstić information content (AvgIpc) is 2.61. The maximum Gasteiger partial charge on any atom is 0.454 e. The van der Waals surface area contributed by atoms with Crippen molar-refractivity contribution >= 4 is 22.4 Å². The number of Topliss-reactive ketones (excluding diaryl/α,β-unsaturated/α-hetero) is 1. The van der Waals surface area contributed by atoms with E-state index in [9.17, 15) is 18.0 Å². The first-order chi connectivity index (χ1) is 8.71. The van der Waals surface area contributed by atoms with Crippen molar-refractivity contribution in [1.29, 1.82) is 0 Å². The molecule has 102 valence electrons. The van der Waals surface area contributed by atoms with Crippen molar-refractivity contribution in [2.24, 2.45) is 0 Å². The molecule has 2 rings (SSSR count). The van der Waals surface area contributed by atoms with E-state index in [0.29, 0.717) is 10.9 Å². The van der Waals surface area contributed by atoms with E-state index in [1.807, 2.05) is 0 Å². The molecule has 0 aliphatic carbocycles.